The number of methoxy groups -OCH3 is 1. The Bertz CT molecular complexity index is 265. The first-order valence-electron chi connectivity index (χ1n) is 6.38. The van der Waals surface area contributed by atoms with Gasteiger partial charge in [-0.05, 0) is 53.4 Å². The quantitative estimate of drug-likeness (QED) is 0.760. The number of Topliss-reactive ketones (excluding diaryl/α,β-unsaturated/α-hetero) is 1. The van der Waals surface area contributed by atoms with Crippen molar-refractivity contribution < 1.29 is 14.3 Å². The van der Waals surface area contributed by atoms with Gasteiger partial charge in [0, 0.05) is 13.5 Å². The molecule has 0 spiro atoms. The zero-order valence-corrected chi connectivity index (χ0v) is 12.0. The molecule has 0 aromatic rings. The SMILES string of the molecule is COC(CC(C)=O)C1CC(C)(C)OC(C)(C)C1. The van der Waals surface area contributed by atoms with Crippen molar-refractivity contribution in [3.8, 4) is 0 Å². The van der Waals surface area contributed by atoms with Gasteiger partial charge in [-0.2, -0.15) is 0 Å². The summed E-state index contributed by atoms with van der Waals surface area (Å²) in [4.78, 5) is 11.3. The van der Waals surface area contributed by atoms with E-state index in [0.29, 0.717) is 12.3 Å². The zero-order chi connectivity index (χ0) is 13.3. The van der Waals surface area contributed by atoms with Crippen molar-refractivity contribution in [3.05, 3.63) is 0 Å². The maximum atomic E-state index is 11.3. The summed E-state index contributed by atoms with van der Waals surface area (Å²) in [6.45, 7) is 10.1. The Morgan fingerprint density at radius 3 is 2.12 bits per heavy atom. The number of ether oxygens (including phenoxy) is 2. The van der Waals surface area contributed by atoms with Gasteiger partial charge in [-0.25, -0.2) is 0 Å². The van der Waals surface area contributed by atoms with Crippen molar-refractivity contribution in [2.75, 3.05) is 7.11 Å². The molecule has 0 amide bonds. The van der Waals surface area contributed by atoms with E-state index in [1.807, 2.05) is 0 Å². The minimum Gasteiger partial charge on any atom is -0.381 e. The molecule has 0 aromatic heterocycles. The van der Waals surface area contributed by atoms with Gasteiger partial charge in [0.05, 0.1) is 17.3 Å². The van der Waals surface area contributed by atoms with Gasteiger partial charge in [0.15, 0.2) is 0 Å². The molecular weight excluding hydrogens is 216 g/mol. The van der Waals surface area contributed by atoms with Crippen molar-refractivity contribution >= 4 is 5.78 Å². The first kappa shape index (κ1) is 14.7. The molecule has 1 aliphatic heterocycles. The third kappa shape index (κ3) is 4.40. The lowest BCUT2D eigenvalue weighted by Gasteiger charge is -2.47. The average Bonchev–Trinajstić information content (AvgIpc) is 2.08. The second kappa shape index (κ2) is 5.07. The number of hydrogen-bond acceptors (Lipinski definition) is 3. The fraction of sp³-hybridized carbons (Fsp3) is 0.929. The molecular formula is C14H26O3. The highest BCUT2D eigenvalue weighted by Crippen LogP contribution is 2.40. The normalized spacial score (nSPS) is 25.5. The highest BCUT2D eigenvalue weighted by molar-refractivity contribution is 5.76. The predicted octanol–water partition coefficient (Wildman–Crippen LogP) is 2.96. The molecule has 3 nitrogen and oxygen atoms in total. The summed E-state index contributed by atoms with van der Waals surface area (Å²) < 4.78 is 11.6. The summed E-state index contributed by atoms with van der Waals surface area (Å²) >= 11 is 0. The molecule has 1 fully saturated rings. The molecule has 0 saturated carbocycles. The number of carbonyl (C=O) groups excluding carboxylic acids is 1. The molecule has 1 unspecified atom stereocenters. The summed E-state index contributed by atoms with van der Waals surface area (Å²) in [5.41, 5.74) is -0.278. The minimum atomic E-state index is -0.139. The third-order valence-corrected chi connectivity index (χ3v) is 3.38. The highest BCUT2D eigenvalue weighted by atomic mass is 16.5. The molecule has 1 rings (SSSR count). The van der Waals surface area contributed by atoms with Crippen LogP contribution in [0.1, 0.15) is 53.9 Å². The highest BCUT2D eigenvalue weighted by Gasteiger charge is 2.42. The van der Waals surface area contributed by atoms with Gasteiger partial charge in [0.1, 0.15) is 5.78 Å². The second-order valence-electron chi connectivity index (χ2n) is 6.47. The Morgan fingerprint density at radius 2 is 1.76 bits per heavy atom. The maximum absolute atomic E-state index is 11.3. The van der Waals surface area contributed by atoms with E-state index in [0.717, 1.165) is 12.8 Å². The molecule has 0 aromatic carbocycles. The van der Waals surface area contributed by atoms with E-state index in [-0.39, 0.29) is 23.1 Å². The lowest BCUT2D eigenvalue weighted by molar-refractivity contribution is -0.188. The fourth-order valence-corrected chi connectivity index (χ4v) is 3.15. The molecule has 0 N–H and O–H groups in total. The van der Waals surface area contributed by atoms with Crippen LogP contribution in [0.5, 0.6) is 0 Å². The summed E-state index contributed by atoms with van der Waals surface area (Å²) in [7, 11) is 1.70. The Morgan fingerprint density at radius 1 is 1.29 bits per heavy atom. The van der Waals surface area contributed by atoms with Crippen LogP contribution in [0.15, 0.2) is 0 Å². The van der Waals surface area contributed by atoms with E-state index < -0.39 is 0 Å². The molecule has 1 heterocycles. The van der Waals surface area contributed by atoms with Crippen LogP contribution in [-0.2, 0) is 14.3 Å². The van der Waals surface area contributed by atoms with Crippen LogP contribution in [0.2, 0.25) is 0 Å². The minimum absolute atomic E-state index is 0.0231. The van der Waals surface area contributed by atoms with Crippen molar-refractivity contribution in [1.29, 1.82) is 0 Å². The van der Waals surface area contributed by atoms with Crippen LogP contribution >= 0.6 is 0 Å². The van der Waals surface area contributed by atoms with Gasteiger partial charge in [-0.15, -0.1) is 0 Å². The zero-order valence-electron chi connectivity index (χ0n) is 12.0. The van der Waals surface area contributed by atoms with Gasteiger partial charge in [0.25, 0.3) is 0 Å². The third-order valence-electron chi connectivity index (χ3n) is 3.38. The molecule has 100 valence electrons. The molecule has 0 aliphatic carbocycles. The largest absolute Gasteiger partial charge is 0.381 e. The van der Waals surface area contributed by atoms with E-state index in [1.165, 1.54) is 0 Å². The van der Waals surface area contributed by atoms with E-state index in [1.54, 1.807) is 14.0 Å². The molecule has 3 heteroatoms. The number of hydrogen-bond donors (Lipinski definition) is 0. The lowest BCUT2D eigenvalue weighted by atomic mass is 9.77. The van der Waals surface area contributed by atoms with Crippen LogP contribution in [-0.4, -0.2) is 30.2 Å². The Hall–Kier alpha value is -0.410. The molecule has 0 radical (unpaired) electrons. The summed E-state index contributed by atoms with van der Waals surface area (Å²) in [5.74, 6) is 0.585. The van der Waals surface area contributed by atoms with Crippen molar-refractivity contribution in [2.24, 2.45) is 5.92 Å². The van der Waals surface area contributed by atoms with E-state index >= 15 is 0 Å². The Labute approximate surface area is 105 Å². The molecule has 17 heavy (non-hydrogen) atoms. The van der Waals surface area contributed by atoms with Crippen LogP contribution in [0.25, 0.3) is 0 Å². The van der Waals surface area contributed by atoms with Crippen molar-refractivity contribution in [2.45, 2.75) is 71.2 Å². The number of ketones is 1. The van der Waals surface area contributed by atoms with Crippen LogP contribution in [0.3, 0.4) is 0 Å². The van der Waals surface area contributed by atoms with Crippen LogP contribution in [0.4, 0.5) is 0 Å². The predicted molar refractivity (Wildman–Crippen MR) is 68.1 cm³/mol. The van der Waals surface area contributed by atoms with E-state index in [2.05, 4.69) is 27.7 Å². The number of rotatable bonds is 4. The topological polar surface area (TPSA) is 35.5 Å². The van der Waals surface area contributed by atoms with Crippen molar-refractivity contribution in [1.82, 2.24) is 0 Å². The summed E-state index contributed by atoms with van der Waals surface area (Å²) in [5, 5.41) is 0. The fourth-order valence-electron chi connectivity index (χ4n) is 3.15. The monoisotopic (exact) mass is 242 g/mol. The molecule has 0 bridgehead atoms. The number of carbonyl (C=O) groups is 1. The first-order valence-corrected chi connectivity index (χ1v) is 6.38. The van der Waals surface area contributed by atoms with E-state index in [4.69, 9.17) is 9.47 Å². The van der Waals surface area contributed by atoms with Crippen LogP contribution in [0, 0.1) is 5.92 Å². The summed E-state index contributed by atoms with van der Waals surface area (Å²) in [6, 6.07) is 0. The maximum Gasteiger partial charge on any atom is 0.132 e. The average molecular weight is 242 g/mol. The van der Waals surface area contributed by atoms with Crippen LogP contribution < -0.4 is 0 Å². The van der Waals surface area contributed by atoms with Crippen molar-refractivity contribution in [3.63, 3.8) is 0 Å². The smallest absolute Gasteiger partial charge is 0.132 e. The van der Waals surface area contributed by atoms with Gasteiger partial charge < -0.3 is 9.47 Å². The van der Waals surface area contributed by atoms with Gasteiger partial charge >= 0.3 is 0 Å². The van der Waals surface area contributed by atoms with Gasteiger partial charge in [-0.3, -0.25) is 4.79 Å². The molecule has 1 atom stereocenters. The van der Waals surface area contributed by atoms with Gasteiger partial charge in [-0.1, -0.05) is 0 Å². The van der Waals surface area contributed by atoms with E-state index in [9.17, 15) is 4.79 Å². The second-order valence-corrected chi connectivity index (χ2v) is 6.47. The first-order chi connectivity index (χ1) is 7.65. The van der Waals surface area contributed by atoms with Gasteiger partial charge in [0.2, 0.25) is 0 Å². The lowest BCUT2D eigenvalue weighted by Crippen LogP contribution is -2.48. The Kier molecular flexibility index (Phi) is 4.37. The summed E-state index contributed by atoms with van der Waals surface area (Å²) in [6.07, 6.45) is 2.42. The Balaban J connectivity index is 2.77. The molecule has 1 saturated heterocycles. The molecule has 1 aliphatic rings. The standard InChI is InChI=1S/C14H26O3/c1-10(15)7-12(16-6)11-8-13(2,3)17-14(4,5)9-11/h11-12H,7-9H2,1-6H3.